The molecule has 13 heteroatoms. The van der Waals surface area contributed by atoms with Crippen LogP contribution in [0.25, 0.3) is 0 Å². The number of carbonyl (C=O) groups excluding carboxylic acids is 2. The molecule has 43 heavy (non-hydrogen) atoms. The van der Waals surface area contributed by atoms with Crippen LogP contribution in [-0.2, 0) is 18.4 Å². The van der Waals surface area contributed by atoms with Crippen molar-refractivity contribution >= 4 is 58.4 Å². The van der Waals surface area contributed by atoms with Crippen LogP contribution in [-0.4, -0.2) is 53.6 Å². The van der Waals surface area contributed by atoms with Gasteiger partial charge in [0.1, 0.15) is 27.4 Å². The molecule has 1 aliphatic heterocycles. The van der Waals surface area contributed by atoms with Gasteiger partial charge in [0.05, 0.1) is 50.1 Å². The lowest BCUT2D eigenvalue weighted by Crippen LogP contribution is -2.48. The Hall–Kier alpha value is -4.74. The third-order valence-electron chi connectivity index (χ3n) is 6.59. The SMILES string of the molecule is C=CC(=O)Nc1ccccc1NC(=C)N=CC1=C(C)N(Cc2ccn(C)n2)C(=O)N(c2c(Cl)c(OC)cc(OC)c2Cl)C1. The molecule has 0 saturated heterocycles. The van der Waals surface area contributed by atoms with Crippen LogP contribution in [0.2, 0.25) is 10.0 Å². The highest BCUT2D eigenvalue weighted by atomic mass is 35.5. The summed E-state index contributed by atoms with van der Waals surface area (Å²) in [6, 6.07) is 10.1. The molecular weight excluding hydrogens is 593 g/mol. The van der Waals surface area contributed by atoms with Crippen LogP contribution in [0.15, 0.2) is 83.9 Å². The Kier molecular flexibility index (Phi) is 9.79. The monoisotopic (exact) mass is 623 g/mol. The number of halogens is 2. The van der Waals surface area contributed by atoms with Crippen molar-refractivity contribution in [3.8, 4) is 11.5 Å². The second-order valence-electron chi connectivity index (χ2n) is 9.37. The lowest BCUT2D eigenvalue weighted by atomic mass is 10.1. The van der Waals surface area contributed by atoms with Crippen LogP contribution >= 0.6 is 23.2 Å². The number of hydrogen-bond donors (Lipinski definition) is 2. The summed E-state index contributed by atoms with van der Waals surface area (Å²) < 4.78 is 12.5. The zero-order valence-corrected chi connectivity index (χ0v) is 25.7. The van der Waals surface area contributed by atoms with Gasteiger partial charge in [0, 0.05) is 36.8 Å². The molecule has 1 aromatic heterocycles. The third kappa shape index (κ3) is 6.85. The molecule has 11 nitrogen and oxygen atoms in total. The van der Waals surface area contributed by atoms with Crippen molar-refractivity contribution in [2.75, 3.05) is 36.3 Å². The van der Waals surface area contributed by atoms with Gasteiger partial charge in [0.15, 0.2) is 0 Å². The molecule has 0 atom stereocenters. The number of para-hydroxylation sites is 2. The van der Waals surface area contributed by atoms with Gasteiger partial charge in [0.25, 0.3) is 0 Å². The van der Waals surface area contributed by atoms with Gasteiger partial charge in [-0.1, -0.05) is 48.5 Å². The zero-order chi connectivity index (χ0) is 31.3. The van der Waals surface area contributed by atoms with Crippen molar-refractivity contribution in [3.63, 3.8) is 0 Å². The maximum absolute atomic E-state index is 14.0. The lowest BCUT2D eigenvalue weighted by molar-refractivity contribution is -0.111. The Labute approximate surface area is 259 Å². The number of anilines is 3. The number of benzene rings is 2. The highest BCUT2D eigenvalue weighted by molar-refractivity contribution is 6.42. The van der Waals surface area contributed by atoms with E-state index in [1.165, 1.54) is 25.2 Å². The largest absolute Gasteiger partial charge is 0.495 e. The predicted octanol–water partition coefficient (Wildman–Crippen LogP) is 6.24. The van der Waals surface area contributed by atoms with Crippen molar-refractivity contribution in [2.45, 2.75) is 13.5 Å². The van der Waals surface area contributed by atoms with E-state index >= 15 is 0 Å². The zero-order valence-electron chi connectivity index (χ0n) is 24.1. The molecule has 0 radical (unpaired) electrons. The number of aryl methyl sites for hydroxylation is 1. The number of rotatable bonds is 11. The lowest BCUT2D eigenvalue weighted by Gasteiger charge is -2.37. The Balaban J connectivity index is 1.71. The topological polar surface area (TPSA) is 113 Å². The average molecular weight is 625 g/mol. The van der Waals surface area contributed by atoms with E-state index in [2.05, 4.69) is 33.9 Å². The molecule has 2 N–H and O–H groups in total. The maximum atomic E-state index is 14.0. The second-order valence-corrected chi connectivity index (χ2v) is 10.1. The minimum absolute atomic E-state index is 0.0852. The average Bonchev–Trinajstić information content (AvgIpc) is 3.41. The molecule has 2 heterocycles. The molecule has 1 aliphatic rings. The number of ether oxygens (including phenoxy) is 2. The molecule has 0 fully saturated rings. The molecule has 0 spiro atoms. The highest BCUT2D eigenvalue weighted by Crippen LogP contribution is 2.47. The molecule has 3 amide bonds. The van der Waals surface area contributed by atoms with Crippen LogP contribution in [0.4, 0.5) is 21.9 Å². The standard InChI is InChI=1S/C30H31Cl2N7O4/c1-7-26(40)35-23-11-9-8-10-22(23)34-19(3)33-15-20-16-39(29-27(31)24(42-5)14-25(43-6)28(29)32)30(41)38(18(20)2)17-21-12-13-37(4)36-21/h7-15,34H,1,3,16-17H2,2,4-6H3,(H,35,40). The predicted molar refractivity (Wildman–Crippen MR) is 170 cm³/mol. The van der Waals surface area contributed by atoms with Gasteiger partial charge in [-0.05, 0) is 31.2 Å². The number of aromatic nitrogens is 2. The van der Waals surface area contributed by atoms with Crippen LogP contribution in [0.3, 0.4) is 0 Å². The molecule has 3 aromatic rings. The molecule has 4 rings (SSSR count). The van der Waals surface area contributed by atoms with Crippen molar-refractivity contribution in [1.29, 1.82) is 0 Å². The first-order chi connectivity index (χ1) is 20.6. The number of methoxy groups -OCH3 is 2. The van der Waals surface area contributed by atoms with Crippen molar-refractivity contribution in [3.05, 3.63) is 94.7 Å². The quantitative estimate of drug-likeness (QED) is 0.193. The van der Waals surface area contributed by atoms with Gasteiger partial charge < -0.3 is 20.1 Å². The first-order valence-corrected chi connectivity index (χ1v) is 13.7. The van der Waals surface area contributed by atoms with Gasteiger partial charge in [-0.2, -0.15) is 5.10 Å². The molecule has 224 valence electrons. The third-order valence-corrected chi connectivity index (χ3v) is 7.33. The van der Waals surface area contributed by atoms with Crippen LogP contribution in [0.1, 0.15) is 12.6 Å². The highest BCUT2D eigenvalue weighted by Gasteiger charge is 2.35. The normalized spacial score (nSPS) is 13.4. The van der Waals surface area contributed by atoms with Gasteiger partial charge >= 0.3 is 6.03 Å². The molecule has 0 aliphatic carbocycles. The fraction of sp³-hybridized carbons (Fsp3) is 0.200. The van der Waals surface area contributed by atoms with Crippen LogP contribution < -0.4 is 25.0 Å². The van der Waals surface area contributed by atoms with E-state index in [-0.39, 0.29) is 40.8 Å². The summed E-state index contributed by atoms with van der Waals surface area (Å²) in [5.74, 6) is 0.529. The number of nitrogens with one attached hydrogen (secondary N) is 2. The number of amides is 3. The molecule has 0 bridgehead atoms. The van der Waals surface area contributed by atoms with E-state index in [9.17, 15) is 9.59 Å². The van der Waals surface area contributed by atoms with Crippen molar-refractivity contribution < 1.29 is 19.1 Å². The Morgan fingerprint density at radius 1 is 1.12 bits per heavy atom. The van der Waals surface area contributed by atoms with Crippen molar-refractivity contribution in [2.24, 2.45) is 12.0 Å². The Morgan fingerprint density at radius 2 is 1.74 bits per heavy atom. The second kappa shape index (κ2) is 13.5. The molecular formula is C30H31Cl2N7O4. The first kappa shape index (κ1) is 31.2. The van der Waals surface area contributed by atoms with Gasteiger partial charge in [-0.15, -0.1) is 0 Å². The summed E-state index contributed by atoms with van der Waals surface area (Å²) in [7, 11) is 4.73. The molecule has 0 saturated carbocycles. The number of aliphatic imine (C=N–C) groups is 1. The summed E-state index contributed by atoms with van der Waals surface area (Å²) in [5.41, 5.74) is 3.37. The molecule has 0 unspecified atom stereocenters. The summed E-state index contributed by atoms with van der Waals surface area (Å²) >= 11 is 13.4. The first-order valence-electron chi connectivity index (χ1n) is 13.0. The summed E-state index contributed by atoms with van der Waals surface area (Å²) in [6.07, 6.45) is 4.59. The van der Waals surface area contributed by atoms with Crippen LogP contribution in [0, 0.1) is 0 Å². The number of allylic oxidation sites excluding steroid dienone is 1. The van der Waals surface area contributed by atoms with E-state index in [1.807, 2.05) is 19.1 Å². The fourth-order valence-corrected chi connectivity index (χ4v) is 5.06. The van der Waals surface area contributed by atoms with Crippen LogP contribution in [0.5, 0.6) is 11.5 Å². The number of urea groups is 1. The Bertz CT molecular complexity index is 1620. The minimum atomic E-state index is -0.372. The van der Waals surface area contributed by atoms with Gasteiger partial charge in [0.2, 0.25) is 5.91 Å². The van der Waals surface area contributed by atoms with E-state index in [0.29, 0.717) is 45.7 Å². The van der Waals surface area contributed by atoms with Gasteiger partial charge in [-0.25, -0.2) is 9.79 Å². The van der Waals surface area contributed by atoms with E-state index in [4.69, 9.17) is 32.7 Å². The molecule has 2 aromatic carbocycles. The van der Waals surface area contributed by atoms with Gasteiger partial charge in [-0.3, -0.25) is 19.3 Å². The summed E-state index contributed by atoms with van der Waals surface area (Å²) in [5, 5.41) is 10.6. The van der Waals surface area contributed by atoms with E-state index in [0.717, 1.165) is 0 Å². The number of nitrogens with zero attached hydrogens (tertiary/aromatic N) is 5. The minimum Gasteiger partial charge on any atom is -0.495 e. The van der Waals surface area contributed by atoms with E-state index in [1.54, 1.807) is 53.3 Å². The maximum Gasteiger partial charge on any atom is 0.329 e. The summed E-state index contributed by atoms with van der Waals surface area (Å²) in [6.45, 7) is 9.59. The number of hydrogen-bond acceptors (Lipinski definition) is 7. The number of carbonyl (C=O) groups is 2. The Morgan fingerprint density at radius 3 is 2.30 bits per heavy atom. The summed E-state index contributed by atoms with van der Waals surface area (Å²) in [4.78, 5) is 33.4. The fourth-order valence-electron chi connectivity index (χ4n) is 4.36. The van der Waals surface area contributed by atoms with E-state index < -0.39 is 0 Å². The smallest absolute Gasteiger partial charge is 0.329 e. The van der Waals surface area contributed by atoms with Crippen molar-refractivity contribution in [1.82, 2.24) is 14.7 Å².